The normalized spacial score (nSPS) is 17.7. The molecule has 1 aliphatic carbocycles. The first kappa shape index (κ1) is 24.9. The Labute approximate surface area is 224 Å². The summed E-state index contributed by atoms with van der Waals surface area (Å²) in [5.41, 5.74) is 1.74. The highest BCUT2D eigenvalue weighted by Gasteiger charge is 2.48. The Balaban J connectivity index is 1.36. The van der Waals surface area contributed by atoms with Crippen molar-refractivity contribution in [3.63, 3.8) is 0 Å². The van der Waals surface area contributed by atoms with Crippen LogP contribution in [0.5, 0.6) is 0 Å². The Kier molecular flexibility index (Phi) is 6.39. The highest BCUT2D eigenvalue weighted by atomic mass is 32.2. The van der Waals surface area contributed by atoms with E-state index in [2.05, 4.69) is 40.9 Å². The first-order valence-corrected chi connectivity index (χ1v) is 14.0. The van der Waals surface area contributed by atoms with Crippen LogP contribution < -0.4 is 14.5 Å². The third kappa shape index (κ3) is 4.55. The van der Waals surface area contributed by atoms with Crippen molar-refractivity contribution in [3.05, 3.63) is 47.2 Å². The first-order valence-electron chi connectivity index (χ1n) is 12.0. The Morgan fingerprint density at radius 2 is 1.95 bits per heavy atom. The molecular formula is C24H23F2N9OS2. The van der Waals surface area contributed by atoms with Gasteiger partial charge in [0.25, 0.3) is 6.43 Å². The average Bonchev–Trinajstić information content (AvgIpc) is 3.32. The zero-order chi connectivity index (χ0) is 26.4. The summed E-state index contributed by atoms with van der Waals surface area (Å²) in [5.74, 6) is 0.960. The third-order valence-corrected chi connectivity index (χ3v) is 8.95. The number of halogens is 2. The van der Waals surface area contributed by atoms with Crippen molar-refractivity contribution in [1.29, 1.82) is 5.26 Å². The van der Waals surface area contributed by atoms with E-state index < -0.39 is 28.3 Å². The van der Waals surface area contributed by atoms with Gasteiger partial charge >= 0.3 is 0 Å². The molecule has 4 heterocycles. The molecule has 4 aromatic rings. The Bertz CT molecular complexity index is 1520. The van der Waals surface area contributed by atoms with Gasteiger partial charge in [0.15, 0.2) is 9.90 Å². The van der Waals surface area contributed by atoms with Gasteiger partial charge in [-0.25, -0.2) is 18.4 Å². The molecule has 0 amide bonds. The number of nitrogens with zero attached hydrogens (tertiary/aromatic N) is 8. The summed E-state index contributed by atoms with van der Waals surface area (Å²) >= 11 is -0.906. The summed E-state index contributed by atoms with van der Waals surface area (Å²) in [4.78, 5) is 9.45. The Morgan fingerprint density at radius 3 is 2.61 bits per heavy atom. The number of pyridine rings is 1. The van der Waals surface area contributed by atoms with E-state index in [0.29, 0.717) is 36.3 Å². The molecule has 14 heteroatoms. The number of aryl methyl sites for hydroxylation is 1. The zero-order valence-corrected chi connectivity index (χ0v) is 22.0. The van der Waals surface area contributed by atoms with E-state index in [1.165, 1.54) is 4.68 Å². The fraction of sp³-hybridized carbons (Fsp3) is 0.375. The molecule has 10 nitrogen and oxygen atoms in total. The number of aromatic nitrogens is 5. The summed E-state index contributed by atoms with van der Waals surface area (Å²) in [6.45, 7) is 4.90. The van der Waals surface area contributed by atoms with E-state index >= 15 is 0 Å². The van der Waals surface area contributed by atoms with Crippen LogP contribution in [0, 0.1) is 18.3 Å². The number of hydrogen-bond acceptors (Lipinski definition) is 10. The van der Waals surface area contributed by atoms with Crippen LogP contribution in [-0.4, -0.2) is 61.2 Å². The van der Waals surface area contributed by atoms with Gasteiger partial charge in [0, 0.05) is 49.9 Å². The van der Waals surface area contributed by atoms with E-state index in [4.69, 9.17) is 0 Å². The molecule has 196 valence electrons. The summed E-state index contributed by atoms with van der Waals surface area (Å²) in [6.07, 6.45) is 2.00. The van der Waals surface area contributed by atoms with Crippen LogP contribution in [0.25, 0.3) is 16.0 Å². The monoisotopic (exact) mass is 555 g/mol. The van der Waals surface area contributed by atoms with Crippen molar-refractivity contribution in [1.82, 2.24) is 29.7 Å². The van der Waals surface area contributed by atoms with Gasteiger partial charge in [-0.15, -0.1) is 14.9 Å². The van der Waals surface area contributed by atoms with Gasteiger partial charge in [-0.05, 0) is 31.4 Å². The largest absolute Gasteiger partial charge is 0.593 e. The first-order chi connectivity index (χ1) is 18.4. The topological polar surface area (TPSA) is 122 Å². The van der Waals surface area contributed by atoms with Gasteiger partial charge in [0.1, 0.15) is 11.4 Å². The number of fused-ring (bicyclic) bond motifs is 1. The summed E-state index contributed by atoms with van der Waals surface area (Å²) < 4.78 is 44.1. The molecule has 6 rings (SSSR count). The zero-order valence-electron chi connectivity index (χ0n) is 20.3. The molecule has 3 aromatic heterocycles. The van der Waals surface area contributed by atoms with Crippen LogP contribution in [0.1, 0.15) is 29.8 Å². The lowest BCUT2D eigenvalue weighted by atomic mass is 10.1. The molecular weight excluding hydrogens is 532 g/mol. The van der Waals surface area contributed by atoms with E-state index in [9.17, 15) is 18.6 Å². The number of anilines is 2. The van der Waals surface area contributed by atoms with Gasteiger partial charge in [0.05, 0.1) is 34.8 Å². The average molecular weight is 556 g/mol. The maximum absolute atomic E-state index is 13.3. The second-order valence-electron chi connectivity index (χ2n) is 9.34. The molecule has 1 N–H and O–H groups in total. The minimum Gasteiger partial charge on any atom is -0.593 e. The van der Waals surface area contributed by atoms with Gasteiger partial charge in [-0.3, -0.25) is 0 Å². The fourth-order valence-corrected chi connectivity index (χ4v) is 6.40. The number of benzene rings is 1. The minimum atomic E-state index is -2.73. The molecule has 1 saturated heterocycles. The second kappa shape index (κ2) is 9.73. The number of piperazine rings is 1. The standard InChI is InChI=1S/C24H23F2N9OS2/c1-15-3-2-6-28-21(15)34-9-7-33(8-10-34)18-11-16(38(36)32-24(14-27)4-5-24)12-19-17(18)13-29-35(19)23-31-30-22(37-23)20(25)26/h2-3,6,11-13,20,32H,4-5,7-10H2,1H3. The fourth-order valence-electron chi connectivity index (χ4n) is 4.57. The van der Waals surface area contributed by atoms with Crippen molar-refractivity contribution in [2.24, 2.45) is 0 Å². The van der Waals surface area contributed by atoms with Gasteiger partial charge in [-0.2, -0.15) is 10.4 Å². The van der Waals surface area contributed by atoms with E-state index in [1.807, 2.05) is 25.1 Å². The molecule has 2 fully saturated rings. The van der Waals surface area contributed by atoms with Crippen LogP contribution in [-0.2, 0) is 11.4 Å². The molecule has 1 atom stereocenters. The van der Waals surface area contributed by atoms with Crippen molar-refractivity contribution in [3.8, 4) is 11.2 Å². The number of rotatable bonds is 7. The number of nitriles is 1. The smallest absolute Gasteiger partial charge is 0.291 e. The summed E-state index contributed by atoms with van der Waals surface area (Å²) in [6, 6.07) is 9.73. The summed E-state index contributed by atoms with van der Waals surface area (Å²) in [7, 11) is 0. The lowest BCUT2D eigenvalue weighted by Gasteiger charge is -2.37. The van der Waals surface area contributed by atoms with Gasteiger partial charge in [0.2, 0.25) is 5.13 Å². The lowest BCUT2D eigenvalue weighted by molar-refractivity contribution is 0.150. The Morgan fingerprint density at radius 1 is 1.18 bits per heavy atom. The van der Waals surface area contributed by atoms with Gasteiger partial charge < -0.3 is 14.4 Å². The number of hydrogen-bond donors (Lipinski definition) is 1. The summed E-state index contributed by atoms with van der Waals surface area (Å²) in [5, 5.41) is 22.0. The SMILES string of the molecule is Cc1cccnc1N1CCN(c2cc([S+]([O-])NC3(C#N)CC3)cc3c2cnn3-c2nnc(C(F)F)s2)CC1. The van der Waals surface area contributed by atoms with E-state index in [-0.39, 0.29) is 5.13 Å². The molecule has 0 radical (unpaired) electrons. The van der Waals surface area contributed by atoms with Crippen molar-refractivity contribution in [2.75, 3.05) is 36.0 Å². The lowest BCUT2D eigenvalue weighted by Crippen LogP contribution is -2.47. The van der Waals surface area contributed by atoms with Crippen molar-refractivity contribution in [2.45, 2.75) is 36.6 Å². The predicted octanol–water partition coefficient (Wildman–Crippen LogP) is 3.51. The maximum atomic E-state index is 13.3. The molecule has 2 aliphatic rings. The highest BCUT2D eigenvalue weighted by Crippen LogP contribution is 2.38. The van der Waals surface area contributed by atoms with Crippen LogP contribution >= 0.6 is 11.3 Å². The number of alkyl halides is 2. The molecule has 1 saturated carbocycles. The highest BCUT2D eigenvalue weighted by molar-refractivity contribution is 7.89. The van der Waals surface area contributed by atoms with Crippen molar-refractivity contribution < 1.29 is 13.3 Å². The van der Waals surface area contributed by atoms with Crippen LogP contribution in [0.4, 0.5) is 20.3 Å². The molecule has 1 aliphatic heterocycles. The maximum Gasteiger partial charge on any atom is 0.291 e. The quantitative estimate of drug-likeness (QED) is 0.341. The number of nitrogens with one attached hydrogen (secondary N) is 1. The predicted molar refractivity (Wildman–Crippen MR) is 140 cm³/mol. The Hall–Kier alpha value is -3.38. The molecule has 0 spiro atoms. The minimum absolute atomic E-state index is 0.197. The van der Waals surface area contributed by atoms with Crippen LogP contribution in [0.15, 0.2) is 41.6 Å². The van der Waals surface area contributed by atoms with E-state index in [0.717, 1.165) is 46.9 Å². The molecule has 38 heavy (non-hydrogen) atoms. The second-order valence-corrected chi connectivity index (χ2v) is 11.5. The van der Waals surface area contributed by atoms with Gasteiger partial charge in [-0.1, -0.05) is 17.4 Å². The third-order valence-electron chi connectivity index (χ3n) is 6.81. The molecule has 1 unspecified atom stereocenters. The van der Waals surface area contributed by atoms with Crippen LogP contribution in [0.2, 0.25) is 0 Å². The molecule has 1 aromatic carbocycles. The van der Waals surface area contributed by atoms with Crippen LogP contribution in [0.3, 0.4) is 0 Å². The molecule has 0 bridgehead atoms. The van der Waals surface area contributed by atoms with Crippen molar-refractivity contribution >= 4 is 45.1 Å². The van der Waals surface area contributed by atoms with E-state index in [1.54, 1.807) is 18.5 Å².